The number of nitriles is 1. The van der Waals surface area contributed by atoms with Crippen LogP contribution >= 0.6 is 23.4 Å². The standard InChI is InChI=1S/C14H16ClF3N2O2SSi/c1-13(14(16,17)18,22-24(2,3)4)12(21)20-11-6-5-9(23-8-19)7-10(11)15/h5-7H,1-4H3,(H,20,21). The van der Waals surface area contributed by atoms with E-state index in [2.05, 4.69) is 5.32 Å². The lowest BCUT2D eigenvalue weighted by Gasteiger charge is -2.36. The molecule has 1 unspecified atom stereocenters. The molecule has 0 spiro atoms. The van der Waals surface area contributed by atoms with Crippen molar-refractivity contribution in [2.24, 2.45) is 0 Å². The van der Waals surface area contributed by atoms with Crippen molar-refractivity contribution in [3.63, 3.8) is 0 Å². The van der Waals surface area contributed by atoms with Gasteiger partial charge in [-0.25, -0.2) is 0 Å². The van der Waals surface area contributed by atoms with Crippen LogP contribution in [0, 0.1) is 10.7 Å². The Morgan fingerprint density at radius 2 is 1.96 bits per heavy atom. The summed E-state index contributed by atoms with van der Waals surface area (Å²) in [5.41, 5.74) is -2.97. The number of hydrogen-bond donors (Lipinski definition) is 1. The van der Waals surface area contributed by atoms with E-state index in [1.54, 1.807) is 19.6 Å². The Bertz CT molecular complexity index is 673. The molecule has 0 bridgehead atoms. The lowest BCUT2D eigenvalue weighted by molar-refractivity contribution is -0.236. The fourth-order valence-corrected chi connectivity index (χ4v) is 3.94. The fraction of sp³-hybridized carbons (Fsp3) is 0.429. The van der Waals surface area contributed by atoms with Crippen LogP contribution in [0.1, 0.15) is 6.92 Å². The van der Waals surface area contributed by atoms with Gasteiger partial charge in [0.2, 0.25) is 5.60 Å². The van der Waals surface area contributed by atoms with Gasteiger partial charge in [-0.05, 0) is 56.5 Å². The number of nitrogens with one attached hydrogen (secondary N) is 1. The largest absolute Gasteiger partial charge is 0.425 e. The van der Waals surface area contributed by atoms with Gasteiger partial charge >= 0.3 is 6.18 Å². The van der Waals surface area contributed by atoms with Crippen LogP contribution < -0.4 is 5.32 Å². The summed E-state index contributed by atoms with van der Waals surface area (Å²) in [6.45, 7) is 5.38. The van der Waals surface area contributed by atoms with E-state index >= 15 is 0 Å². The van der Waals surface area contributed by atoms with Crippen LogP contribution in [0.15, 0.2) is 23.1 Å². The van der Waals surface area contributed by atoms with E-state index in [-0.39, 0.29) is 10.7 Å². The summed E-state index contributed by atoms with van der Waals surface area (Å²) in [6, 6.07) is 4.19. The topological polar surface area (TPSA) is 62.1 Å². The van der Waals surface area contributed by atoms with Crippen molar-refractivity contribution in [3.05, 3.63) is 23.2 Å². The lowest BCUT2D eigenvalue weighted by Crippen LogP contribution is -2.58. The fourth-order valence-electron chi connectivity index (χ4n) is 1.80. The molecule has 132 valence electrons. The summed E-state index contributed by atoms with van der Waals surface area (Å²) in [4.78, 5) is 12.8. The molecule has 0 saturated heterocycles. The van der Waals surface area contributed by atoms with Crippen molar-refractivity contribution in [1.29, 1.82) is 5.26 Å². The summed E-state index contributed by atoms with van der Waals surface area (Å²) < 4.78 is 45.4. The highest BCUT2D eigenvalue weighted by Gasteiger charge is 2.59. The molecule has 1 aromatic carbocycles. The molecule has 1 atom stereocenters. The van der Waals surface area contributed by atoms with E-state index in [1.807, 2.05) is 5.40 Å². The third-order valence-electron chi connectivity index (χ3n) is 2.84. The van der Waals surface area contributed by atoms with Gasteiger partial charge in [0, 0.05) is 4.90 Å². The predicted molar refractivity (Wildman–Crippen MR) is 90.4 cm³/mol. The Morgan fingerprint density at radius 3 is 2.38 bits per heavy atom. The van der Waals surface area contributed by atoms with Crippen LogP contribution in [0.25, 0.3) is 0 Å². The van der Waals surface area contributed by atoms with Gasteiger partial charge in [0.1, 0.15) is 5.40 Å². The second-order valence-electron chi connectivity index (χ2n) is 6.03. The molecule has 1 rings (SSSR count). The highest BCUT2D eigenvalue weighted by molar-refractivity contribution is 8.03. The van der Waals surface area contributed by atoms with Crippen molar-refractivity contribution in [1.82, 2.24) is 0 Å². The summed E-state index contributed by atoms with van der Waals surface area (Å²) in [6.07, 6.45) is -4.89. The number of carbonyl (C=O) groups excluding carboxylic acids is 1. The van der Waals surface area contributed by atoms with Gasteiger partial charge in [0.25, 0.3) is 5.91 Å². The number of thioether (sulfide) groups is 1. The third-order valence-corrected chi connectivity index (χ3v) is 4.75. The highest BCUT2D eigenvalue weighted by Crippen LogP contribution is 2.37. The molecule has 0 heterocycles. The van der Waals surface area contributed by atoms with Crippen LogP contribution in [-0.4, -0.2) is 26.0 Å². The molecule has 0 fully saturated rings. The van der Waals surface area contributed by atoms with Crippen molar-refractivity contribution in [3.8, 4) is 5.40 Å². The van der Waals surface area contributed by atoms with Gasteiger partial charge in [-0.3, -0.25) is 4.79 Å². The summed E-state index contributed by atoms with van der Waals surface area (Å²) in [5.74, 6) is -1.35. The molecule has 1 N–H and O–H groups in total. The predicted octanol–water partition coefficient (Wildman–Crippen LogP) is 5.02. The Labute approximate surface area is 148 Å². The van der Waals surface area contributed by atoms with Crippen LogP contribution in [0.2, 0.25) is 24.7 Å². The quantitative estimate of drug-likeness (QED) is 0.431. The van der Waals surface area contributed by atoms with E-state index in [9.17, 15) is 18.0 Å². The summed E-state index contributed by atoms with van der Waals surface area (Å²) in [7, 11) is -2.67. The van der Waals surface area contributed by atoms with E-state index in [1.165, 1.54) is 18.2 Å². The Kier molecular flexibility index (Phi) is 6.38. The van der Waals surface area contributed by atoms with Gasteiger partial charge in [-0.1, -0.05) is 11.6 Å². The molecule has 1 aromatic rings. The lowest BCUT2D eigenvalue weighted by atomic mass is 10.1. The van der Waals surface area contributed by atoms with Gasteiger partial charge in [-0.15, -0.1) is 0 Å². The molecule has 0 saturated carbocycles. The zero-order valence-corrected chi connectivity index (χ0v) is 16.0. The molecular formula is C14H16ClF3N2O2SSi. The normalized spacial score (nSPS) is 14.6. The van der Waals surface area contributed by atoms with Gasteiger partial charge in [0.15, 0.2) is 8.32 Å². The van der Waals surface area contributed by atoms with Crippen molar-refractivity contribution >= 4 is 43.3 Å². The molecule has 0 aromatic heterocycles. The number of alkyl halides is 3. The number of rotatable bonds is 5. The van der Waals surface area contributed by atoms with Gasteiger partial charge in [0.05, 0.1) is 10.7 Å². The number of benzene rings is 1. The maximum atomic E-state index is 13.4. The van der Waals surface area contributed by atoms with Crippen molar-refractivity contribution < 1.29 is 22.4 Å². The molecule has 24 heavy (non-hydrogen) atoms. The van der Waals surface area contributed by atoms with Crippen LogP contribution in [0.4, 0.5) is 18.9 Å². The monoisotopic (exact) mass is 396 g/mol. The zero-order valence-electron chi connectivity index (χ0n) is 13.4. The van der Waals surface area contributed by atoms with Gasteiger partial charge < -0.3 is 9.74 Å². The molecule has 0 radical (unpaired) electrons. The first-order valence-corrected chi connectivity index (χ1v) is 11.3. The van der Waals surface area contributed by atoms with Crippen molar-refractivity contribution in [2.75, 3.05) is 5.32 Å². The van der Waals surface area contributed by atoms with E-state index < -0.39 is 26.0 Å². The number of thiocyanates is 1. The summed E-state index contributed by atoms with van der Waals surface area (Å²) in [5, 5.41) is 12.6. The molecule has 0 aliphatic carbocycles. The minimum absolute atomic E-state index is 0.0126. The molecule has 10 heteroatoms. The molecule has 0 aliphatic rings. The third kappa shape index (κ3) is 5.14. The molecule has 1 amide bonds. The number of anilines is 1. The number of carbonyl (C=O) groups is 1. The Morgan fingerprint density at radius 1 is 1.38 bits per heavy atom. The SMILES string of the molecule is CC(O[Si](C)(C)C)(C(=O)Nc1ccc(SC#N)cc1Cl)C(F)(F)F. The first-order valence-electron chi connectivity index (χ1n) is 6.74. The first-order chi connectivity index (χ1) is 10.8. The smallest absolute Gasteiger partial charge is 0.397 e. The number of nitrogens with zero attached hydrogens (tertiary/aromatic N) is 1. The van der Waals surface area contributed by atoms with Gasteiger partial charge in [-0.2, -0.15) is 18.4 Å². The molecule has 0 aliphatic heterocycles. The Balaban J connectivity index is 3.12. The maximum Gasteiger partial charge on any atom is 0.425 e. The van der Waals surface area contributed by atoms with E-state index in [0.717, 1.165) is 11.8 Å². The number of halogens is 4. The highest BCUT2D eigenvalue weighted by atomic mass is 35.5. The minimum atomic E-state index is -4.89. The zero-order chi connectivity index (χ0) is 18.8. The number of amides is 1. The maximum absolute atomic E-state index is 13.4. The average Bonchev–Trinajstić information content (AvgIpc) is 2.38. The van der Waals surface area contributed by atoms with Crippen LogP contribution in [0.3, 0.4) is 0 Å². The molecule has 4 nitrogen and oxygen atoms in total. The van der Waals surface area contributed by atoms with E-state index in [4.69, 9.17) is 21.3 Å². The van der Waals surface area contributed by atoms with Crippen molar-refractivity contribution in [2.45, 2.75) is 43.2 Å². The minimum Gasteiger partial charge on any atom is -0.397 e. The van der Waals surface area contributed by atoms with E-state index in [0.29, 0.717) is 11.8 Å². The summed E-state index contributed by atoms with van der Waals surface area (Å²) >= 11 is 6.80. The first kappa shape index (κ1) is 20.8. The second kappa shape index (κ2) is 7.35. The van der Waals surface area contributed by atoms with Crippen LogP contribution in [-0.2, 0) is 9.22 Å². The number of hydrogen-bond acceptors (Lipinski definition) is 4. The van der Waals surface area contributed by atoms with Crippen LogP contribution in [0.5, 0.6) is 0 Å². The second-order valence-corrected chi connectivity index (χ2v) is 11.7. The average molecular weight is 397 g/mol. The Hall–Kier alpha value is -1.21. The molecular weight excluding hydrogens is 381 g/mol.